The van der Waals surface area contributed by atoms with Gasteiger partial charge in [0.2, 0.25) is 0 Å². The smallest absolute Gasteiger partial charge is 0.268 e. The van der Waals surface area contributed by atoms with Crippen LogP contribution in [-0.4, -0.2) is 23.6 Å². The number of amides is 4. The molecule has 16 heteroatoms. The molecule has 4 amide bonds. The quantitative estimate of drug-likeness (QED) is 0.149. The monoisotopic (exact) mass is 730 g/mol. The van der Waals surface area contributed by atoms with Crippen molar-refractivity contribution in [2.45, 2.75) is 31.9 Å². The van der Waals surface area contributed by atoms with Crippen LogP contribution < -0.4 is 9.80 Å². The van der Waals surface area contributed by atoms with Gasteiger partial charge in [0.1, 0.15) is 0 Å². The van der Waals surface area contributed by atoms with Gasteiger partial charge in [-0.2, -0.15) is 26.3 Å². The molecule has 240 valence electrons. The van der Waals surface area contributed by atoms with Gasteiger partial charge >= 0.3 is 12.4 Å². The van der Waals surface area contributed by atoms with Gasteiger partial charge in [-0.15, -0.1) is 0 Å². The van der Waals surface area contributed by atoms with Gasteiger partial charge in [0.25, 0.3) is 23.6 Å². The zero-order chi connectivity index (χ0) is 33.9. The standard InChI is InChI=1S/C32H12F6N2O4S4/c33-31(34,35)13-1-5-15(6-2-13)39-25(41)17-9-21-22(10-18(17)26(39)42)46-29(45-21)30-47-23-11-19-20(12-24(23)48-30)28(44)40(27(19)43)16-7-3-14(4-8-16)32(36,37)38/h1-12H. The fourth-order valence-corrected chi connectivity index (χ4v) is 10.9. The average molecular weight is 731 g/mol. The second-order valence-corrected chi connectivity index (χ2v) is 15.4. The van der Waals surface area contributed by atoms with Crippen molar-refractivity contribution in [1.82, 2.24) is 0 Å². The van der Waals surface area contributed by atoms with E-state index in [4.69, 9.17) is 0 Å². The summed E-state index contributed by atoms with van der Waals surface area (Å²) >= 11 is 5.51. The van der Waals surface area contributed by atoms with Gasteiger partial charge in [0.15, 0.2) is 0 Å². The number of hydrogen-bond donors (Lipinski definition) is 0. The zero-order valence-electron chi connectivity index (χ0n) is 23.4. The summed E-state index contributed by atoms with van der Waals surface area (Å²) in [6.07, 6.45) is -9.12. The highest BCUT2D eigenvalue weighted by Crippen LogP contribution is 2.62. The lowest BCUT2D eigenvalue weighted by Gasteiger charge is -2.15. The van der Waals surface area contributed by atoms with Gasteiger partial charge in [0, 0.05) is 19.6 Å². The molecule has 0 unspecified atom stereocenters. The highest BCUT2D eigenvalue weighted by molar-refractivity contribution is 8.30. The van der Waals surface area contributed by atoms with E-state index in [0.717, 1.165) is 66.8 Å². The highest BCUT2D eigenvalue weighted by Gasteiger charge is 2.42. The van der Waals surface area contributed by atoms with Crippen LogP contribution in [0.3, 0.4) is 0 Å². The second kappa shape index (κ2) is 10.7. The molecule has 6 nitrogen and oxygen atoms in total. The molecule has 4 heterocycles. The maximum absolute atomic E-state index is 13.2. The van der Waals surface area contributed by atoms with E-state index in [1.165, 1.54) is 47.0 Å². The van der Waals surface area contributed by atoms with E-state index in [-0.39, 0.29) is 33.6 Å². The minimum Gasteiger partial charge on any atom is -0.268 e. The number of rotatable bonds is 2. The first-order valence-corrected chi connectivity index (χ1v) is 16.9. The molecule has 0 atom stereocenters. The van der Waals surface area contributed by atoms with Crippen molar-refractivity contribution in [3.8, 4) is 0 Å². The number of imide groups is 2. The SMILES string of the molecule is O=C1c2cc3c(cc2C(=O)N1c1ccc(C(F)(F)F)cc1)SC(=C1Sc2cc4c(cc2S1)C(=O)N(c1ccc(C(F)(F)F)cc1)C4=O)S3. The molecule has 0 saturated carbocycles. The second-order valence-electron chi connectivity index (χ2n) is 10.7. The first kappa shape index (κ1) is 31.2. The Labute approximate surface area is 282 Å². The van der Waals surface area contributed by atoms with Crippen molar-refractivity contribution in [2.75, 3.05) is 9.80 Å². The molecule has 4 aromatic carbocycles. The number of benzene rings is 4. The molecule has 0 fully saturated rings. The summed E-state index contributed by atoms with van der Waals surface area (Å²) in [5.74, 6) is -2.57. The Morgan fingerprint density at radius 1 is 0.417 bits per heavy atom. The number of thioether (sulfide) groups is 4. The van der Waals surface area contributed by atoms with Crippen molar-refractivity contribution in [2.24, 2.45) is 0 Å². The van der Waals surface area contributed by atoms with E-state index < -0.39 is 47.1 Å². The van der Waals surface area contributed by atoms with E-state index in [0.29, 0.717) is 19.6 Å². The molecule has 0 bridgehead atoms. The van der Waals surface area contributed by atoms with Crippen LogP contribution in [0, 0.1) is 0 Å². The number of carbonyl (C=O) groups excluding carboxylic acids is 4. The van der Waals surface area contributed by atoms with Gasteiger partial charge in [-0.25, -0.2) is 9.80 Å². The number of fused-ring (bicyclic) bond motifs is 4. The Balaban J connectivity index is 1.02. The van der Waals surface area contributed by atoms with Crippen molar-refractivity contribution < 1.29 is 45.5 Å². The molecule has 0 aliphatic carbocycles. The number of carbonyl (C=O) groups is 4. The van der Waals surface area contributed by atoms with Crippen LogP contribution in [0.4, 0.5) is 37.7 Å². The van der Waals surface area contributed by atoms with Crippen molar-refractivity contribution in [3.05, 3.63) is 115 Å². The van der Waals surface area contributed by atoms with Crippen LogP contribution in [0.2, 0.25) is 0 Å². The van der Waals surface area contributed by atoms with E-state index in [2.05, 4.69) is 0 Å². The van der Waals surface area contributed by atoms with Crippen molar-refractivity contribution in [3.63, 3.8) is 0 Å². The van der Waals surface area contributed by atoms with Gasteiger partial charge in [0.05, 0.1) is 53.2 Å². The first-order valence-electron chi connectivity index (χ1n) is 13.6. The molecular formula is C32H12F6N2O4S4. The van der Waals surface area contributed by atoms with Gasteiger partial charge < -0.3 is 0 Å². The maximum Gasteiger partial charge on any atom is 0.416 e. The summed E-state index contributed by atoms with van der Waals surface area (Å²) < 4.78 is 79.7. The minimum atomic E-state index is -4.56. The predicted octanol–water partition coefficient (Wildman–Crippen LogP) is 9.55. The largest absolute Gasteiger partial charge is 0.416 e. The van der Waals surface area contributed by atoms with Crippen LogP contribution >= 0.6 is 47.0 Å². The van der Waals surface area contributed by atoms with Gasteiger partial charge in [-0.3, -0.25) is 19.2 Å². The third-order valence-electron chi connectivity index (χ3n) is 7.78. The molecule has 0 radical (unpaired) electrons. The highest BCUT2D eigenvalue weighted by atomic mass is 32.2. The molecule has 4 aromatic rings. The molecule has 4 aliphatic rings. The summed E-state index contributed by atoms with van der Waals surface area (Å²) in [6, 6.07) is 14.0. The Morgan fingerprint density at radius 2 is 0.667 bits per heavy atom. The Hall–Kier alpha value is -4.12. The maximum atomic E-state index is 13.2. The Bertz CT molecular complexity index is 1950. The topological polar surface area (TPSA) is 74.8 Å². The van der Waals surface area contributed by atoms with Crippen LogP contribution in [0.5, 0.6) is 0 Å². The number of anilines is 2. The van der Waals surface area contributed by atoms with Crippen LogP contribution in [0.25, 0.3) is 0 Å². The molecule has 8 rings (SSSR count). The Morgan fingerprint density at radius 3 is 0.896 bits per heavy atom. The van der Waals surface area contributed by atoms with Crippen molar-refractivity contribution in [1.29, 1.82) is 0 Å². The van der Waals surface area contributed by atoms with Crippen molar-refractivity contribution >= 4 is 82.1 Å². The number of nitrogens with zero attached hydrogens (tertiary/aromatic N) is 2. The lowest BCUT2D eigenvalue weighted by molar-refractivity contribution is -0.138. The summed E-state index contributed by atoms with van der Waals surface area (Å²) in [5.41, 5.74) is -1.19. The normalized spacial score (nSPS) is 17.0. The number of alkyl halides is 6. The summed E-state index contributed by atoms with van der Waals surface area (Å²) in [6.45, 7) is 0. The molecule has 48 heavy (non-hydrogen) atoms. The summed E-state index contributed by atoms with van der Waals surface area (Å²) in [5, 5.41) is 0. The van der Waals surface area contributed by atoms with E-state index in [1.807, 2.05) is 0 Å². The summed E-state index contributed by atoms with van der Waals surface area (Å²) in [4.78, 5) is 57.5. The predicted molar refractivity (Wildman–Crippen MR) is 169 cm³/mol. The fourth-order valence-electron chi connectivity index (χ4n) is 5.49. The molecule has 0 N–H and O–H groups in total. The molecule has 4 aliphatic heterocycles. The third-order valence-corrected chi connectivity index (χ3v) is 13.3. The van der Waals surface area contributed by atoms with E-state index in [9.17, 15) is 45.5 Å². The number of hydrogen-bond acceptors (Lipinski definition) is 8. The fraction of sp³-hybridized carbons (Fsp3) is 0.0625. The average Bonchev–Trinajstić information content (AvgIpc) is 3.77. The first-order chi connectivity index (χ1) is 22.7. The van der Waals surface area contributed by atoms with Crippen LogP contribution in [0.15, 0.2) is 101 Å². The Kier molecular flexibility index (Phi) is 6.94. The zero-order valence-corrected chi connectivity index (χ0v) is 26.6. The van der Waals surface area contributed by atoms with Gasteiger partial charge in [-0.1, -0.05) is 47.0 Å². The van der Waals surface area contributed by atoms with E-state index in [1.54, 1.807) is 24.3 Å². The lowest BCUT2D eigenvalue weighted by Crippen LogP contribution is -2.29. The van der Waals surface area contributed by atoms with E-state index >= 15 is 0 Å². The van der Waals surface area contributed by atoms with Crippen LogP contribution in [-0.2, 0) is 12.4 Å². The van der Waals surface area contributed by atoms with Crippen LogP contribution in [0.1, 0.15) is 52.6 Å². The molecule has 0 spiro atoms. The molecule has 0 saturated heterocycles. The lowest BCUT2D eigenvalue weighted by atomic mass is 10.1. The third kappa shape index (κ3) is 4.87. The molecule has 0 aromatic heterocycles. The van der Waals surface area contributed by atoms with Gasteiger partial charge in [-0.05, 0) is 72.8 Å². The summed E-state index contributed by atoms with van der Waals surface area (Å²) in [7, 11) is 0. The molecular weight excluding hydrogens is 719 g/mol. The number of halogens is 6. The minimum absolute atomic E-state index is 0.0281.